The van der Waals surface area contributed by atoms with Crippen LogP contribution in [-0.4, -0.2) is 111 Å². The van der Waals surface area contributed by atoms with Gasteiger partial charge in [-0.3, -0.25) is 39.2 Å². The number of hydrogen-bond donors (Lipinski definition) is 2. The Hall–Kier alpha value is -6.83. The number of imide groups is 2. The van der Waals surface area contributed by atoms with Crippen LogP contribution in [0.2, 0.25) is 0 Å². The first-order chi connectivity index (χ1) is 28.3. The lowest BCUT2D eigenvalue weighted by Crippen LogP contribution is -2.54. The van der Waals surface area contributed by atoms with E-state index in [1.165, 1.54) is 12.1 Å². The molecule has 3 aliphatic rings. The Labute approximate surface area is 334 Å². The van der Waals surface area contributed by atoms with Gasteiger partial charge in [0.15, 0.2) is 0 Å². The van der Waals surface area contributed by atoms with Gasteiger partial charge in [0.25, 0.3) is 17.7 Å². The van der Waals surface area contributed by atoms with Gasteiger partial charge in [-0.25, -0.2) is 4.85 Å². The third kappa shape index (κ3) is 9.40. The lowest BCUT2D eigenvalue weighted by atomic mass is 10.0. The van der Waals surface area contributed by atoms with Crippen LogP contribution in [0.3, 0.4) is 0 Å². The molecule has 0 radical (unpaired) electrons. The third-order valence-electron chi connectivity index (χ3n) is 9.85. The van der Waals surface area contributed by atoms with Gasteiger partial charge in [-0.2, -0.15) is 0 Å². The van der Waals surface area contributed by atoms with Crippen molar-refractivity contribution in [3.63, 3.8) is 0 Å². The van der Waals surface area contributed by atoms with Crippen molar-refractivity contribution in [2.24, 2.45) is 0 Å². The number of rotatable bonds is 16. The van der Waals surface area contributed by atoms with E-state index in [2.05, 4.69) is 30.3 Å². The normalized spacial score (nSPS) is 16.5. The molecular weight excluding hydrogens is 747 g/mol. The molecule has 2 fully saturated rings. The summed E-state index contributed by atoms with van der Waals surface area (Å²) in [6, 6.07) is 21.9. The number of aromatic nitrogens is 1. The zero-order valence-electron chi connectivity index (χ0n) is 31.6. The summed E-state index contributed by atoms with van der Waals surface area (Å²) in [4.78, 5) is 75.7. The molecule has 16 nitrogen and oxygen atoms in total. The molecule has 3 aromatic carbocycles. The molecule has 5 amide bonds. The number of carbonyl (C=O) groups is 5. The molecule has 0 saturated carbocycles. The van der Waals surface area contributed by atoms with Crippen molar-refractivity contribution in [3.05, 3.63) is 113 Å². The third-order valence-corrected chi connectivity index (χ3v) is 9.85. The first-order valence-electron chi connectivity index (χ1n) is 18.9. The van der Waals surface area contributed by atoms with Crippen molar-refractivity contribution in [2.45, 2.75) is 18.9 Å². The smallest absolute Gasteiger partial charge is 0.262 e. The zero-order valence-corrected chi connectivity index (χ0v) is 31.6. The summed E-state index contributed by atoms with van der Waals surface area (Å²) in [5.74, 6) is -0.626. The fourth-order valence-corrected chi connectivity index (χ4v) is 6.79. The van der Waals surface area contributed by atoms with Crippen molar-refractivity contribution in [1.29, 1.82) is 0 Å². The van der Waals surface area contributed by atoms with Crippen molar-refractivity contribution in [3.8, 4) is 11.5 Å². The summed E-state index contributed by atoms with van der Waals surface area (Å²) in [5.41, 5.74) is 3.13. The van der Waals surface area contributed by atoms with Gasteiger partial charge < -0.3 is 34.1 Å². The summed E-state index contributed by atoms with van der Waals surface area (Å²) in [6.07, 6.45) is 1.74. The number of ether oxygens (including phenoxy) is 4. The topological polar surface area (TPSA) is 173 Å². The number of nitrogens with one attached hydrogen (secondary N) is 2. The van der Waals surface area contributed by atoms with Crippen molar-refractivity contribution in [2.75, 3.05) is 80.9 Å². The van der Waals surface area contributed by atoms with E-state index < -0.39 is 29.7 Å². The van der Waals surface area contributed by atoms with E-state index in [1.54, 1.807) is 42.6 Å². The predicted molar refractivity (Wildman–Crippen MR) is 212 cm³/mol. The molecule has 16 heteroatoms. The van der Waals surface area contributed by atoms with E-state index in [0.29, 0.717) is 54.9 Å². The van der Waals surface area contributed by atoms with Gasteiger partial charge >= 0.3 is 0 Å². The quantitative estimate of drug-likeness (QED) is 0.0948. The summed E-state index contributed by atoms with van der Waals surface area (Å²) in [6.45, 7) is 12.2. The molecular formula is C42H41N7O9. The number of fused-ring (bicyclic) bond motifs is 1. The average Bonchev–Trinajstić information content (AvgIpc) is 3.49. The van der Waals surface area contributed by atoms with Gasteiger partial charge in [0, 0.05) is 55.7 Å². The Bertz CT molecular complexity index is 2180. The Balaban J connectivity index is 0.740. The molecule has 0 bridgehead atoms. The van der Waals surface area contributed by atoms with Gasteiger partial charge in [-0.05, 0) is 79.2 Å². The fourth-order valence-electron chi connectivity index (χ4n) is 6.79. The number of nitrogens with zero attached hydrogens (tertiary/aromatic N) is 5. The van der Waals surface area contributed by atoms with E-state index in [0.717, 1.165) is 42.6 Å². The summed E-state index contributed by atoms with van der Waals surface area (Å²) in [7, 11) is 0. The maximum absolute atomic E-state index is 13.0. The number of hydrogen-bond acceptors (Lipinski definition) is 12. The first kappa shape index (κ1) is 39.4. The van der Waals surface area contributed by atoms with Gasteiger partial charge in [-0.1, -0.05) is 6.07 Å². The van der Waals surface area contributed by atoms with Crippen molar-refractivity contribution >= 4 is 52.4 Å². The number of anilines is 3. The van der Waals surface area contributed by atoms with E-state index in [1.807, 2.05) is 30.3 Å². The number of pyridine rings is 1. The highest BCUT2D eigenvalue weighted by molar-refractivity contribution is 6.23. The molecule has 2 saturated heterocycles. The first-order valence-corrected chi connectivity index (χ1v) is 18.9. The minimum absolute atomic E-state index is 0.0524. The standard InChI is InChI=1S/C42H41N7O9/c1-43-30-6-14-37(44-27-30)48-18-16-47(17-19-48)31-7-4-29(5-8-31)45-39(51)28-2-9-32(10-3-28)57-24-22-55-20-21-56-23-25-58-33-11-12-34-35(26-33)42(54)49(41(34)53)36-13-15-38(50)46-40(36)52/h2-12,14,26-27,36H,13,15-25H2,(H,45,51)(H,46,50,52). The average molecular weight is 788 g/mol. The SMILES string of the molecule is [C-]#[N+]c1ccc(N2CCN(c3ccc(NC(=O)c4ccc(OCCOCCOCCOc5ccc6c(c5)C(=O)N(C5CCC(=O)NC5=O)C6=O)cc4)cc3)CC2)nc1. The molecule has 1 unspecified atom stereocenters. The van der Waals surface area contributed by atoms with Crippen LogP contribution >= 0.6 is 0 Å². The van der Waals surface area contributed by atoms with Crippen LogP contribution in [0.5, 0.6) is 11.5 Å². The van der Waals surface area contributed by atoms with Crippen LogP contribution in [0.15, 0.2) is 85.1 Å². The molecule has 7 rings (SSSR count). The predicted octanol–water partition coefficient (Wildman–Crippen LogP) is 4.10. The summed E-state index contributed by atoms with van der Waals surface area (Å²) in [5, 5.41) is 5.12. The second-order valence-corrected chi connectivity index (χ2v) is 13.6. The largest absolute Gasteiger partial charge is 0.491 e. The molecule has 0 spiro atoms. The van der Waals surface area contributed by atoms with Crippen LogP contribution in [0, 0.1) is 6.57 Å². The fraction of sp³-hybridized carbons (Fsp3) is 0.310. The zero-order chi connectivity index (χ0) is 40.4. The molecule has 1 atom stereocenters. The van der Waals surface area contributed by atoms with Gasteiger partial charge in [0.05, 0.1) is 44.1 Å². The number of piperidine rings is 1. The molecule has 58 heavy (non-hydrogen) atoms. The van der Waals surface area contributed by atoms with E-state index >= 15 is 0 Å². The molecule has 0 aliphatic carbocycles. The maximum Gasteiger partial charge on any atom is 0.262 e. The molecule has 3 aliphatic heterocycles. The second-order valence-electron chi connectivity index (χ2n) is 13.6. The summed E-state index contributed by atoms with van der Waals surface area (Å²) >= 11 is 0. The minimum atomic E-state index is -1.03. The Morgan fingerprint density at radius 1 is 0.759 bits per heavy atom. The lowest BCUT2D eigenvalue weighted by Gasteiger charge is -2.36. The lowest BCUT2D eigenvalue weighted by molar-refractivity contribution is -0.136. The number of benzene rings is 3. The van der Waals surface area contributed by atoms with Crippen molar-refractivity contribution < 1.29 is 42.9 Å². The number of piperazine rings is 1. The van der Waals surface area contributed by atoms with Gasteiger partial charge in [0.1, 0.15) is 36.6 Å². The van der Waals surface area contributed by atoms with E-state index in [4.69, 9.17) is 25.5 Å². The molecule has 1 aromatic heterocycles. The van der Waals surface area contributed by atoms with Crippen LogP contribution in [0.25, 0.3) is 4.85 Å². The molecule has 4 aromatic rings. The van der Waals surface area contributed by atoms with Crippen LogP contribution in [0.1, 0.15) is 43.9 Å². The van der Waals surface area contributed by atoms with Crippen LogP contribution in [-0.2, 0) is 19.1 Å². The van der Waals surface area contributed by atoms with Gasteiger partial charge in [-0.15, -0.1) is 0 Å². The minimum Gasteiger partial charge on any atom is -0.491 e. The molecule has 2 N–H and O–H groups in total. The van der Waals surface area contributed by atoms with Crippen LogP contribution in [0.4, 0.5) is 22.9 Å². The number of amides is 5. The summed E-state index contributed by atoms with van der Waals surface area (Å²) < 4.78 is 22.6. The van der Waals surface area contributed by atoms with E-state index in [-0.39, 0.29) is 43.1 Å². The molecule has 298 valence electrons. The Kier molecular flexibility index (Phi) is 12.5. The maximum atomic E-state index is 13.0. The number of carbonyl (C=O) groups excluding carboxylic acids is 5. The van der Waals surface area contributed by atoms with E-state index in [9.17, 15) is 24.0 Å². The van der Waals surface area contributed by atoms with Crippen LogP contribution < -0.4 is 29.9 Å². The second kappa shape index (κ2) is 18.4. The highest BCUT2D eigenvalue weighted by atomic mass is 16.6. The highest BCUT2D eigenvalue weighted by Crippen LogP contribution is 2.30. The Morgan fingerprint density at radius 2 is 1.40 bits per heavy atom. The van der Waals surface area contributed by atoms with Crippen molar-refractivity contribution in [1.82, 2.24) is 15.2 Å². The highest BCUT2D eigenvalue weighted by Gasteiger charge is 2.44. The Morgan fingerprint density at radius 3 is 2.05 bits per heavy atom. The monoisotopic (exact) mass is 787 g/mol. The molecule has 4 heterocycles. The van der Waals surface area contributed by atoms with Gasteiger partial charge in [0.2, 0.25) is 17.5 Å².